The lowest BCUT2D eigenvalue weighted by molar-refractivity contribution is -0.121. The second kappa shape index (κ2) is 7.13. The van der Waals surface area contributed by atoms with E-state index in [-0.39, 0.29) is 36.6 Å². The fourth-order valence-corrected chi connectivity index (χ4v) is 2.59. The van der Waals surface area contributed by atoms with Gasteiger partial charge in [0.15, 0.2) is 5.76 Å². The van der Waals surface area contributed by atoms with Crippen molar-refractivity contribution in [3.05, 3.63) is 60.1 Å². The molecule has 0 spiro atoms. The molecule has 1 aliphatic carbocycles. The zero-order valence-corrected chi connectivity index (χ0v) is 12.8. The number of furan rings is 1. The molecule has 2 N–H and O–H groups in total. The molecule has 1 unspecified atom stereocenters. The van der Waals surface area contributed by atoms with Gasteiger partial charge >= 0.3 is 0 Å². The molecule has 23 heavy (non-hydrogen) atoms. The molecule has 2 aromatic rings. The third-order valence-electron chi connectivity index (χ3n) is 3.95. The van der Waals surface area contributed by atoms with Gasteiger partial charge in [-0.3, -0.25) is 9.59 Å². The predicted octanol–water partition coefficient (Wildman–Crippen LogP) is 2.67. The molecular weight excluding hydrogens is 292 g/mol. The van der Waals surface area contributed by atoms with Crippen molar-refractivity contribution in [1.82, 2.24) is 10.6 Å². The highest BCUT2D eigenvalue weighted by Crippen LogP contribution is 2.40. The third kappa shape index (κ3) is 4.22. The molecule has 1 heterocycles. The molecule has 120 valence electrons. The molecule has 5 heteroatoms. The van der Waals surface area contributed by atoms with E-state index in [2.05, 4.69) is 10.6 Å². The van der Waals surface area contributed by atoms with E-state index >= 15 is 0 Å². The number of carbonyl (C=O) groups is 2. The topological polar surface area (TPSA) is 71.3 Å². The molecule has 0 radical (unpaired) electrons. The van der Waals surface area contributed by atoms with Crippen LogP contribution in [0.1, 0.15) is 41.4 Å². The van der Waals surface area contributed by atoms with E-state index in [0.29, 0.717) is 5.92 Å². The lowest BCUT2D eigenvalue weighted by Gasteiger charge is -2.18. The van der Waals surface area contributed by atoms with Gasteiger partial charge in [0.2, 0.25) is 5.91 Å². The summed E-state index contributed by atoms with van der Waals surface area (Å²) < 4.78 is 5.00. The van der Waals surface area contributed by atoms with Crippen molar-refractivity contribution in [2.75, 3.05) is 6.54 Å². The molecule has 1 aromatic carbocycles. The summed E-state index contributed by atoms with van der Waals surface area (Å²) in [6.45, 7) is 0.289. The number of rotatable bonds is 7. The Morgan fingerprint density at radius 3 is 2.57 bits per heavy atom. The summed E-state index contributed by atoms with van der Waals surface area (Å²) in [6, 6.07) is 13.4. The minimum Gasteiger partial charge on any atom is -0.459 e. The predicted molar refractivity (Wildman–Crippen MR) is 85.7 cm³/mol. The van der Waals surface area contributed by atoms with Gasteiger partial charge in [0, 0.05) is 13.0 Å². The van der Waals surface area contributed by atoms with Crippen LogP contribution < -0.4 is 10.6 Å². The summed E-state index contributed by atoms with van der Waals surface area (Å²) >= 11 is 0. The largest absolute Gasteiger partial charge is 0.459 e. The molecule has 1 aromatic heterocycles. The zero-order chi connectivity index (χ0) is 16.1. The number of hydrogen-bond acceptors (Lipinski definition) is 3. The van der Waals surface area contributed by atoms with Crippen molar-refractivity contribution >= 4 is 11.8 Å². The monoisotopic (exact) mass is 312 g/mol. The van der Waals surface area contributed by atoms with Crippen LogP contribution in [-0.4, -0.2) is 18.4 Å². The van der Waals surface area contributed by atoms with Crippen LogP contribution in [-0.2, 0) is 4.79 Å². The molecule has 1 aliphatic rings. The average Bonchev–Trinajstić information content (AvgIpc) is 3.26. The second-order valence-corrected chi connectivity index (χ2v) is 5.78. The van der Waals surface area contributed by atoms with Crippen LogP contribution in [0.5, 0.6) is 0 Å². The summed E-state index contributed by atoms with van der Waals surface area (Å²) in [4.78, 5) is 23.9. The van der Waals surface area contributed by atoms with E-state index in [1.807, 2.05) is 30.3 Å². The van der Waals surface area contributed by atoms with E-state index in [4.69, 9.17) is 4.42 Å². The maximum atomic E-state index is 12.1. The van der Waals surface area contributed by atoms with Gasteiger partial charge < -0.3 is 15.1 Å². The van der Waals surface area contributed by atoms with Gasteiger partial charge in [-0.1, -0.05) is 30.3 Å². The Balaban J connectivity index is 1.47. The van der Waals surface area contributed by atoms with Crippen molar-refractivity contribution in [3.63, 3.8) is 0 Å². The minimum absolute atomic E-state index is 0.0505. The van der Waals surface area contributed by atoms with Crippen molar-refractivity contribution < 1.29 is 14.0 Å². The Labute approximate surface area is 135 Å². The van der Waals surface area contributed by atoms with E-state index in [1.165, 1.54) is 6.26 Å². The lowest BCUT2D eigenvalue weighted by Crippen LogP contribution is -2.33. The van der Waals surface area contributed by atoms with Crippen LogP contribution in [0.15, 0.2) is 53.1 Å². The van der Waals surface area contributed by atoms with Gasteiger partial charge in [0.05, 0.1) is 12.3 Å². The van der Waals surface area contributed by atoms with E-state index in [9.17, 15) is 9.59 Å². The summed E-state index contributed by atoms with van der Waals surface area (Å²) in [5, 5.41) is 5.77. The van der Waals surface area contributed by atoms with Crippen LogP contribution in [0.3, 0.4) is 0 Å². The first-order valence-corrected chi connectivity index (χ1v) is 7.90. The number of carbonyl (C=O) groups excluding carboxylic acids is 2. The average molecular weight is 312 g/mol. The van der Waals surface area contributed by atoms with Crippen molar-refractivity contribution in [1.29, 1.82) is 0 Å². The maximum absolute atomic E-state index is 12.1. The summed E-state index contributed by atoms with van der Waals surface area (Å²) in [5.41, 5.74) is 1.14. The molecule has 1 saturated carbocycles. The first-order chi connectivity index (χ1) is 11.2. The van der Waals surface area contributed by atoms with Gasteiger partial charge in [-0.15, -0.1) is 0 Å². The van der Waals surface area contributed by atoms with Crippen molar-refractivity contribution in [2.45, 2.75) is 25.3 Å². The molecule has 0 bridgehead atoms. The summed E-state index contributed by atoms with van der Waals surface area (Å²) in [7, 11) is 0. The van der Waals surface area contributed by atoms with Gasteiger partial charge in [-0.05, 0) is 36.5 Å². The first-order valence-electron chi connectivity index (χ1n) is 7.90. The molecule has 0 aliphatic heterocycles. The zero-order valence-electron chi connectivity index (χ0n) is 12.8. The highest BCUT2D eigenvalue weighted by molar-refractivity contribution is 5.91. The maximum Gasteiger partial charge on any atom is 0.286 e. The van der Waals surface area contributed by atoms with Crippen LogP contribution in [0.2, 0.25) is 0 Å². The Hall–Kier alpha value is -2.56. The number of amides is 2. The Morgan fingerprint density at radius 2 is 1.91 bits per heavy atom. The molecule has 0 saturated heterocycles. The van der Waals surface area contributed by atoms with Crippen LogP contribution in [0.4, 0.5) is 0 Å². The lowest BCUT2D eigenvalue weighted by atomic mass is 10.0. The molecule has 5 nitrogen and oxygen atoms in total. The Bertz CT molecular complexity index is 648. The first kappa shape index (κ1) is 15.3. The highest BCUT2D eigenvalue weighted by atomic mass is 16.3. The second-order valence-electron chi connectivity index (χ2n) is 5.78. The van der Waals surface area contributed by atoms with Crippen molar-refractivity contribution in [2.24, 2.45) is 5.92 Å². The molecule has 1 fully saturated rings. The van der Waals surface area contributed by atoms with Crippen LogP contribution >= 0.6 is 0 Å². The summed E-state index contributed by atoms with van der Waals surface area (Å²) in [5.74, 6) is 0.430. The van der Waals surface area contributed by atoms with Crippen LogP contribution in [0, 0.1) is 5.92 Å². The highest BCUT2D eigenvalue weighted by Gasteiger charge is 2.33. The Morgan fingerprint density at radius 1 is 1.13 bits per heavy atom. The minimum atomic E-state index is -0.301. The normalized spacial score (nSPS) is 15.0. The standard InChI is InChI=1S/C18H20N2O3/c21-16(10-11-19-18(22)15-7-4-12-23-15)20-17(14-8-9-14)13-5-2-1-3-6-13/h1-7,12,14,17H,8-11H2,(H,19,22)(H,20,21). The van der Waals surface area contributed by atoms with E-state index in [1.54, 1.807) is 12.1 Å². The smallest absolute Gasteiger partial charge is 0.286 e. The number of hydrogen-bond donors (Lipinski definition) is 2. The van der Waals surface area contributed by atoms with E-state index in [0.717, 1.165) is 18.4 Å². The van der Waals surface area contributed by atoms with Crippen molar-refractivity contribution in [3.8, 4) is 0 Å². The SMILES string of the molecule is O=C(CCNC(=O)c1ccco1)NC(c1ccccc1)C1CC1. The van der Waals surface area contributed by atoms with Gasteiger partial charge in [-0.2, -0.15) is 0 Å². The molecule has 2 amide bonds. The van der Waals surface area contributed by atoms with Crippen LogP contribution in [0.25, 0.3) is 0 Å². The number of nitrogens with one attached hydrogen (secondary N) is 2. The fraction of sp³-hybridized carbons (Fsp3) is 0.333. The number of benzene rings is 1. The van der Waals surface area contributed by atoms with Gasteiger partial charge in [0.1, 0.15) is 0 Å². The quantitative estimate of drug-likeness (QED) is 0.825. The molecule has 3 rings (SSSR count). The van der Waals surface area contributed by atoms with Gasteiger partial charge in [-0.25, -0.2) is 0 Å². The molecular formula is C18H20N2O3. The third-order valence-corrected chi connectivity index (χ3v) is 3.95. The fourth-order valence-electron chi connectivity index (χ4n) is 2.59. The molecule has 1 atom stereocenters. The summed E-state index contributed by atoms with van der Waals surface area (Å²) in [6.07, 6.45) is 3.99. The van der Waals surface area contributed by atoms with E-state index < -0.39 is 0 Å². The Kier molecular flexibility index (Phi) is 4.76. The van der Waals surface area contributed by atoms with Gasteiger partial charge in [0.25, 0.3) is 5.91 Å².